The zero-order valence-electron chi connectivity index (χ0n) is 16.4. The van der Waals surface area contributed by atoms with Crippen LogP contribution in [0, 0.1) is 0 Å². The minimum Gasteiger partial charge on any atom is -0.364 e. The number of amides is 2. The lowest BCUT2D eigenvalue weighted by Gasteiger charge is -2.20. The molecule has 8 nitrogen and oxygen atoms in total. The number of hydrogen-bond acceptors (Lipinski definition) is 4. The van der Waals surface area contributed by atoms with Gasteiger partial charge in [0.25, 0.3) is 5.91 Å². The van der Waals surface area contributed by atoms with Crippen molar-refractivity contribution >= 4 is 28.5 Å². The highest BCUT2D eigenvalue weighted by Gasteiger charge is 2.28. The van der Waals surface area contributed by atoms with Gasteiger partial charge in [0.1, 0.15) is 0 Å². The molecule has 1 aliphatic rings. The number of thiol groups is 1. The highest BCUT2D eigenvalue weighted by molar-refractivity contribution is 7.82. The van der Waals surface area contributed by atoms with Crippen LogP contribution in [0.25, 0.3) is 16.9 Å². The summed E-state index contributed by atoms with van der Waals surface area (Å²) >= 11 is 0. The van der Waals surface area contributed by atoms with Gasteiger partial charge in [0, 0.05) is 23.2 Å². The van der Waals surface area contributed by atoms with Crippen LogP contribution in [-0.2, 0) is 32.8 Å². The Morgan fingerprint density at radius 1 is 1.17 bits per heavy atom. The fraction of sp³-hybridized carbons (Fsp3) is 0.190. The molecule has 0 fully saturated rings. The van der Waals surface area contributed by atoms with Crippen molar-refractivity contribution in [3.63, 3.8) is 0 Å². The van der Waals surface area contributed by atoms with E-state index in [9.17, 15) is 13.8 Å². The first-order valence-corrected chi connectivity index (χ1v) is 10.9. The molecule has 30 heavy (non-hydrogen) atoms. The van der Waals surface area contributed by atoms with E-state index in [1.165, 1.54) is 0 Å². The molecule has 154 valence electrons. The third-order valence-electron chi connectivity index (χ3n) is 5.18. The van der Waals surface area contributed by atoms with Crippen LogP contribution in [0.2, 0.25) is 0 Å². The topological polar surface area (TPSA) is 133 Å². The summed E-state index contributed by atoms with van der Waals surface area (Å²) in [6.45, 7) is 1.79. The first-order valence-electron chi connectivity index (χ1n) is 9.56. The molecular weight excluding hydrogens is 402 g/mol. The van der Waals surface area contributed by atoms with Crippen molar-refractivity contribution in [2.75, 3.05) is 5.32 Å². The third-order valence-corrected chi connectivity index (χ3v) is 5.99. The maximum Gasteiger partial charge on any atom is 0.269 e. The Kier molecular flexibility index (Phi) is 5.23. The number of nitrogens with one attached hydrogen (secondary N) is 1. The molecule has 5 N–H and O–H groups in total. The van der Waals surface area contributed by atoms with Crippen LogP contribution >= 0.6 is 0 Å². The van der Waals surface area contributed by atoms with Gasteiger partial charge in [-0.15, -0.1) is 5.14 Å². The standard InChI is InChI=1S/C21H21N5O3S/c1-2-18(27)24-13-5-3-12-4-10-16-19(21(22)28)25-26(20(16)17(12)11-13)14-6-8-15(9-7-14)30(23)29/h3,5-9,11H,2,4,10H2,1H3,(H2,22,28)(H2,23,29)(H,24,27)/p+1. The molecule has 2 aromatic carbocycles. The molecule has 0 spiro atoms. The van der Waals surface area contributed by atoms with E-state index in [1.807, 2.05) is 18.2 Å². The number of benzene rings is 2. The van der Waals surface area contributed by atoms with E-state index in [0.717, 1.165) is 28.8 Å². The van der Waals surface area contributed by atoms with Crippen molar-refractivity contribution in [3.05, 3.63) is 59.3 Å². The Labute approximate surface area is 175 Å². The van der Waals surface area contributed by atoms with E-state index in [4.69, 9.17) is 10.9 Å². The second-order valence-electron chi connectivity index (χ2n) is 7.07. The largest absolute Gasteiger partial charge is 0.364 e. The van der Waals surface area contributed by atoms with Gasteiger partial charge in [-0.3, -0.25) is 9.59 Å². The first kappa shape index (κ1) is 20.0. The molecule has 4 rings (SSSR count). The first-order chi connectivity index (χ1) is 14.4. The Hall–Kier alpha value is -3.30. The quantitative estimate of drug-likeness (QED) is 0.427. The highest BCUT2D eigenvalue weighted by atomic mass is 32.2. The van der Waals surface area contributed by atoms with Crippen molar-refractivity contribution in [2.24, 2.45) is 10.9 Å². The highest BCUT2D eigenvalue weighted by Crippen LogP contribution is 2.38. The Morgan fingerprint density at radius 2 is 1.90 bits per heavy atom. The molecule has 0 saturated carbocycles. The number of hydrogen-bond donors (Lipinski definition) is 3. The van der Waals surface area contributed by atoms with Crippen molar-refractivity contribution in [1.82, 2.24) is 9.78 Å². The van der Waals surface area contributed by atoms with Gasteiger partial charge in [-0.1, -0.05) is 17.2 Å². The van der Waals surface area contributed by atoms with Gasteiger partial charge < -0.3 is 11.1 Å². The van der Waals surface area contributed by atoms with E-state index in [2.05, 4.69) is 10.4 Å². The summed E-state index contributed by atoms with van der Waals surface area (Å²) < 4.78 is 13.2. The number of aryl methyl sites for hydroxylation is 1. The predicted octanol–water partition coefficient (Wildman–Crippen LogP) is 2.01. The van der Waals surface area contributed by atoms with Crippen LogP contribution in [0.15, 0.2) is 47.4 Å². The second kappa shape index (κ2) is 7.85. The molecule has 0 radical (unpaired) electrons. The van der Waals surface area contributed by atoms with Gasteiger partial charge in [0.15, 0.2) is 21.6 Å². The molecule has 1 unspecified atom stereocenters. The van der Waals surface area contributed by atoms with Crippen molar-refractivity contribution < 1.29 is 13.8 Å². The maximum absolute atomic E-state index is 12.1. The summed E-state index contributed by atoms with van der Waals surface area (Å²) in [6, 6.07) is 12.6. The van der Waals surface area contributed by atoms with E-state index < -0.39 is 16.9 Å². The van der Waals surface area contributed by atoms with Crippen LogP contribution in [0.4, 0.5) is 5.69 Å². The molecule has 1 atom stereocenters. The zero-order valence-corrected chi connectivity index (χ0v) is 17.3. The minimum atomic E-state index is -1.94. The SMILES string of the molecule is CCC(=O)Nc1ccc2c(c1)-c1c(c(C(N)=O)nn1-c1ccc([SH+](N)=O)cc1)CC2. The number of nitrogens with two attached hydrogens (primary N) is 2. The normalized spacial score (nSPS) is 13.3. The molecule has 1 aromatic heterocycles. The average molecular weight is 425 g/mol. The summed E-state index contributed by atoms with van der Waals surface area (Å²) in [4.78, 5) is 24.4. The van der Waals surface area contributed by atoms with Gasteiger partial charge in [-0.25, -0.2) is 4.68 Å². The van der Waals surface area contributed by atoms with Gasteiger partial charge in [0.05, 0.1) is 11.4 Å². The number of primary amides is 1. The van der Waals surface area contributed by atoms with E-state index >= 15 is 0 Å². The van der Waals surface area contributed by atoms with Crippen LogP contribution < -0.4 is 16.2 Å². The minimum absolute atomic E-state index is 0.0798. The number of anilines is 1. The van der Waals surface area contributed by atoms with Gasteiger partial charge in [-0.05, 0) is 54.8 Å². The number of carbonyl (C=O) groups is 2. The van der Waals surface area contributed by atoms with Crippen LogP contribution in [0.5, 0.6) is 0 Å². The third kappa shape index (κ3) is 3.53. The average Bonchev–Trinajstić information content (AvgIpc) is 3.14. The van der Waals surface area contributed by atoms with Crippen molar-refractivity contribution in [2.45, 2.75) is 31.1 Å². The number of aromatic nitrogens is 2. The summed E-state index contributed by atoms with van der Waals surface area (Å²) in [5, 5.41) is 12.8. The lowest BCUT2D eigenvalue weighted by molar-refractivity contribution is -0.115. The smallest absolute Gasteiger partial charge is 0.269 e. The van der Waals surface area contributed by atoms with E-state index in [1.54, 1.807) is 35.9 Å². The second-order valence-corrected chi connectivity index (χ2v) is 8.24. The van der Waals surface area contributed by atoms with Crippen LogP contribution in [0.1, 0.15) is 35.0 Å². The lowest BCUT2D eigenvalue weighted by Crippen LogP contribution is -2.15. The fourth-order valence-corrected chi connectivity index (χ4v) is 4.13. The maximum atomic E-state index is 12.1. The Bertz CT molecular complexity index is 1180. The van der Waals surface area contributed by atoms with Crippen molar-refractivity contribution in [1.29, 1.82) is 0 Å². The fourth-order valence-electron chi connectivity index (χ4n) is 3.69. The monoisotopic (exact) mass is 424 g/mol. The molecule has 0 saturated heterocycles. The number of carbonyl (C=O) groups excluding carboxylic acids is 2. The Morgan fingerprint density at radius 3 is 2.53 bits per heavy atom. The molecule has 2 amide bonds. The summed E-state index contributed by atoms with van der Waals surface area (Å²) in [5.74, 6) is -0.672. The van der Waals surface area contributed by atoms with E-state index in [0.29, 0.717) is 29.1 Å². The number of nitrogens with zero attached hydrogens (tertiary/aromatic N) is 2. The van der Waals surface area contributed by atoms with E-state index in [-0.39, 0.29) is 11.6 Å². The lowest BCUT2D eigenvalue weighted by atomic mass is 9.88. The molecule has 0 bridgehead atoms. The number of fused-ring (bicyclic) bond motifs is 3. The molecular formula is C21H22N5O3S+. The molecule has 1 heterocycles. The number of rotatable bonds is 5. The summed E-state index contributed by atoms with van der Waals surface area (Å²) in [6.07, 6.45) is 1.75. The molecule has 0 aliphatic heterocycles. The van der Waals surface area contributed by atoms with Crippen LogP contribution in [0.3, 0.4) is 0 Å². The van der Waals surface area contributed by atoms with Gasteiger partial charge >= 0.3 is 0 Å². The zero-order chi connectivity index (χ0) is 21.4. The van der Waals surface area contributed by atoms with Gasteiger partial charge in [-0.2, -0.15) is 5.10 Å². The molecule has 1 aliphatic carbocycles. The summed E-state index contributed by atoms with van der Waals surface area (Å²) in [5.41, 5.74) is 10.7. The summed E-state index contributed by atoms with van der Waals surface area (Å²) in [7, 11) is -1.94. The van der Waals surface area contributed by atoms with Crippen LogP contribution in [-0.4, -0.2) is 21.6 Å². The predicted molar refractivity (Wildman–Crippen MR) is 116 cm³/mol. The van der Waals surface area contributed by atoms with Crippen molar-refractivity contribution in [3.8, 4) is 16.9 Å². The molecule has 3 aromatic rings. The molecule has 9 heteroatoms. The van der Waals surface area contributed by atoms with Gasteiger partial charge in [0.2, 0.25) is 5.91 Å². The Balaban J connectivity index is 1.89.